The minimum atomic E-state index is -4.06. The van der Waals surface area contributed by atoms with Crippen LogP contribution in [-0.2, 0) is 10.0 Å². The second-order valence-corrected chi connectivity index (χ2v) is 6.23. The maximum atomic E-state index is 12.4. The highest BCUT2D eigenvalue weighted by molar-refractivity contribution is 7.89. The maximum absolute atomic E-state index is 12.4. The van der Waals surface area contributed by atoms with E-state index in [2.05, 4.69) is 4.72 Å². The zero-order valence-corrected chi connectivity index (χ0v) is 12.5. The van der Waals surface area contributed by atoms with Gasteiger partial charge in [-0.25, -0.2) is 17.9 Å². The van der Waals surface area contributed by atoms with Gasteiger partial charge in [0.2, 0.25) is 10.0 Å². The monoisotopic (exact) mass is 313 g/mol. The SMILES string of the molecule is Cc1oc(C)c(S(=O)(=O)N[C@H](C)c2ccco2)c1C(=O)O. The smallest absolute Gasteiger partial charge is 0.340 e. The van der Waals surface area contributed by atoms with Crippen molar-refractivity contribution in [1.29, 1.82) is 0 Å². The number of nitrogens with one attached hydrogen (secondary N) is 1. The first kappa shape index (κ1) is 15.3. The second kappa shape index (κ2) is 5.38. The Labute approximate surface area is 121 Å². The molecule has 0 amide bonds. The summed E-state index contributed by atoms with van der Waals surface area (Å²) >= 11 is 0. The fourth-order valence-corrected chi connectivity index (χ4v) is 3.74. The normalized spacial score (nSPS) is 13.3. The van der Waals surface area contributed by atoms with E-state index in [0.29, 0.717) is 5.76 Å². The Morgan fingerprint density at radius 2 is 2.00 bits per heavy atom. The van der Waals surface area contributed by atoms with Crippen LogP contribution < -0.4 is 4.72 Å². The highest BCUT2D eigenvalue weighted by atomic mass is 32.2. The Morgan fingerprint density at radius 3 is 2.52 bits per heavy atom. The zero-order valence-electron chi connectivity index (χ0n) is 11.7. The lowest BCUT2D eigenvalue weighted by Crippen LogP contribution is -2.28. The van der Waals surface area contributed by atoms with Crippen molar-refractivity contribution in [1.82, 2.24) is 4.72 Å². The van der Waals surface area contributed by atoms with E-state index in [4.69, 9.17) is 8.83 Å². The van der Waals surface area contributed by atoms with E-state index < -0.39 is 22.0 Å². The molecule has 2 N–H and O–H groups in total. The maximum Gasteiger partial charge on any atom is 0.340 e. The number of furan rings is 2. The molecule has 0 radical (unpaired) electrons. The minimum absolute atomic E-state index is 0.0315. The fourth-order valence-electron chi connectivity index (χ4n) is 2.12. The van der Waals surface area contributed by atoms with Crippen molar-refractivity contribution < 1.29 is 27.2 Å². The van der Waals surface area contributed by atoms with Crippen LogP contribution in [0.5, 0.6) is 0 Å². The van der Waals surface area contributed by atoms with Gasteiger partial charge in [0.1, 0.15) is 27.7 Å². The largest absolute Gasteiger partial charge is 0.478 e. The van der Waals surface area contributed by atoms with Crippen LogP contribution in [0.15, 0.2) is 32.1 Å². The van der Waals surface area contributed by atoms with Gasteiger partial charge in [-0.2, -0.15) is 0 Å². The Bertz CT molecular complexity index is 757. The number of carbonyl (C=O) groups is 1. The van der Waals surface area contributed by atoms with E-state index in [-0.39, 0.29) is 22.0 Å². The minimum Gasteiger partial charge on any atom is -0.478 e. The van der Waals surface area contributed by atoms with E-state index in [9.17, 15) is 18.3 Å². The molecule has 114 valence electrons. The number of carboxylic acids is 1. The number of rotatable bonds is 5. The molecule has 7 nitrogen and oxygen atoms in total. The lowest BCUT2D eigenvalue weighted by atomic mass is 10.2. The Morgan fingerprint density at radius 1 is 1.33 bits per heavy atom. The first-order valence-electron chi connectivity index (χ1n) is 6.13. The fraction of sp³-hybridized carbons (Fsp3) is 0.308. The van der Waals surface area contributed by atoms with E-state index in [1.54, 1.807) is 19.1 Å². The third-order valence-electron chi connectivity index (χ3n) is 2.99. The molecule has 0 bridgehead atoms. The number of aryl methyl sites for hydroxylation is 2. The van der Waals surface area contributed by atoms with Gasteiger partial charge in [-0.05, 0) is 32.9 Å². The summed E-state index contributed by atoms with van der Waals surface area (Å²) in [6.07, 6.45) is 1.43. The van der Waals surface area contributed by atoms with Crippen LogP contribution in [0.4, 0.5) is 0 Å². The standard InChI is InChI=1S/C13H15NO6S/c1-7(10-5-4-6-19-10)14-21(17,18)12-9(3)20-8(2)11(12)13(15)16/h4-7,14H,1-3H3,(H,15,16)/t7-/m1/s1. The lowest BCUT2D eigenvalue weighted by Gasteiger charge is -2.12. The molecule has 2 aromatic heterocycles. The average molecular weight is 313 g/mol. The van der Waals surface area contributed by atoms with E-state index in [1.165, 1.54) is 20.1 Å². The van der Waals surface area contributed by atoms with Crippen molar-refractivity contribution in [2.75, 3.05) is 0 Å². The number of aromatic carboxylic acids is 1. The van der Waals surface area contributed by atoms with Gasteiger partial charge in [0, 0.05) is 0 Å². The number of hydrogen-bond acceptors (Lipinski definition) is 5. The quantitative estimate of drug-likeness (QED) is 0.876. The molecule has 0 aromatic carbocycles. The summed E-state index contributed by atoms with van der Waals surface area (Å²) in [6, 6.07) is 2.62. The molecule has 2 aromatic rings. The first-order chi connectivity index (χ1) is 9.74. The molecule has 0 saturated heterocycles. The third-order valence-corrected chi connectivity index (χ3v) is 4.68. The molecule has 0 fully saturated rings. The van der Waals surface area contributed by atoms with Crippen molar-refractivity contribution >= 4 is 16.0 Å². The highest BCUT2D eigenvalue weighted by Gasteiger charge is 2.32. The molecule has 0 aliphatic rings. The molecular weight excluding hydrogens is 298 g/mol. The molecule has 0 spiro atoms. The number of sulfonamides is 1. The molecule has 0 saturated carbocycles. The summed E-state index contributed by atoms with van der Waals surface area (Å²) in [5.74, 6) is -0.848. The van der Waals surface area contributed by atoms with Crippen LogP contribution in [0.2, 0.25) is 0 Å². The summed E-state index contributed by atoms with van der Waals surface area (Å²) in [5, 5.41) is 9.17. The molecule has 21 heavy (non-hydrogen) atoms. The summed E-state index contributed by atoms with van der Waals surface area (Å²) in [6.45, 7) is 4.41. The molecule has 8 heteroatoms. The molecule has 0 aliphatic heterocycles. The predicted molar refractivity (Wildman–Crippen MR) is 72.6 cm³/mol. The van der Waals surface area contributed by atoms with Crippen molar-refractivity contribution in [3.63, 3.8) is 0 Å². The van der Waals surface area contributed by atoms with Gasteiger partial charge < -0.3 is 13.9 Å². The van der Waals surface area contributed by atoms with Gasteiger partial charge in [0.25, 0.3) is 0 Å². The van der Waals surface area contributed by atoms with Gasteiger partial charge in [-0.3, -0.25) is 0 Å². The Hall–Kier alpha value is -2.06. The van der Waals surface area contributed by atoms with Crippen LogP contribution in [0.3, 0.4) is 0 Å². The molecule has 0 unspecified atom stereocenters. The van der Waals surface area contributed by atoms with Gasteiger partial charge in [-0.15, -0.1) is 0 Å². The molecular formula is C13H15NO6S. The summed E-state index contributed by atoms with van der Waals surface area (Å²) < 4.78 is 37.5. The van der Waals surface area contributed by atoms with Crippen molar-refractivity contribution in [3.05, 3.63) is 41.2 Å². The molecule has 2 rings (SSSR count). The van der Waals surface area contributed by atoms with Gasteiger partial charge >= 0.3 is 5.97 Å². The summed E-state index contributed by atoms with van der Waals surface area (Å²) in [4.78, 5) is 10.9. The lowest BCUT2D eigenvalue weighted by molar-refractivity contribution is 0.0691. The van der Waals surface area contributed by atoms with Crippen molar-refractivity contribution in [2.45, 2.75) is 31.7 Å². The van der Waals surface area contributed by atoms with Crippen LogP contribution in [-0.4, -0.2) is 19.5 Å². The summed E-state index contributed by atoms with van der Waals surface area (Å²) in [5.41, 5.74) is -0.355. The van der Waals surface area contributed by atoms with E-state index in [1.807, 2.05) is 0 Å². The molecule has 0 aliphatic carbocycles. The van der Waals surface area contributed by atoms with E-state index in [0.717, 1.165) is 0 Å². The van der Waals surface area contributed by atoms with Gasteiger partial charge in [-0.1, -0.05) is 0 Å². The van der Waals surface area contributed by atoms with Crippen LogP contribution in [0.25, 0.3) is 0 Å². The average Bonchev–Trinajstić information content (AvgIpc) is 2.95. The first-order valence-corrected chi connectivity index (χ1v) is 7.61. The molecule has 2 heterocycles. The third kappa shape index (κ3) is 2.86. The number of carboxylic acid groups (broad SMARTS) is 1. The van der Waals surface area contributed by atoms with E-state index >= 15 is 0 Å². The Balaban J connectivity index is 2.43. The van der Waals surface area contributed by atoms with Gasteiger partial charge in [0.05, 0.1) is 12.3 Å². The molecule has 1 atom stereocenters. The van der Waals surface area contributed by atoms with Crippen LogP contribution in [0.1, 0.15) is 40.6 Å². The second-order valence-electron chi connectivity index (χ2n) is 4.58. The Kier molecular flexibility index (Phi) is 3.93. The predicted octanol–water partition coefficient (Wildman–Crippen LogP) is 2.23. The topological polar surface area (TPSA) is 110 Å². The van der Waals surface area contributed by atoms with Gasteiger partial charge in [0.15, 0.2) is 0 Å². The van der Waals surface area contributed by atoms with Crippen molar-refractivity contribution in [2.24, 2.45) is 0 Å². The van der Waals surface area contributed by atoms with Crippen molar-refractivity contribution in [3.8, 4) is 0 Å². The summed E-state index contributed by atoms with van der Waals surface area (Å²) in [7, 11) is -4.06. The number of hydrogen-bond donors (Lipinski definition) is 2. The van der Waals surface area contributed by atoms with Crippen LogP contribution >= 0.6 is 0 Å². The van der Waals surface area contributed by atoms with Crippen LogP contribution in [0, 0.1) is 13.8 Å². The zero-order chi connectivity index (χ0) is 15.8. The highest BCUT2D eigenvalue weighted by Crippen LogP contribution is 2.28.